The standard InChI is InChI=1S/C6H8N3O2/c1-4(2)9-6(11)5(10)7-3-8-9/h4H,1-2H3,(H,7,8,10). The second-order valence-electron chi connectivity index (χ2n) is 2.41. The van der Waals surface area contributed by atoms with Gasteiger partial charge in [0.1, 0.15) is 0 Å². The second-order valence-corrected chi connectivity index (χ2v) is 2.41. The molecule has 11 heavy (non-hydrogen) atoms. The molecule has 59 valence electrons. The molecule has 0 spiro atoms. The van der Waals surface area contributed by atoms with Crippen LogP contribution in [0.3, 0.4) is 0 Å². The van der Waals surface area contributed by atoms with Gasteiger partial charge in [-0.1, -0.05) is 0 Å². The van der Waals surface area contributed by atoms with Crippen LogP contribution in [0.25, 0.3) is 0 Å². The molecule has 1 radical (unpaired) electrons. The minimum Gasteiger partial charge on any atom is -0.298 e. The first-order valence-corrected chi connectivity index (χ1v) is 3.22. The average molecular weight is 154 g/mol. The van der Waals surface area contributed by atoms with Gasteiger partial charge in [-0.15, -0.1) is 5.10 Å². The Labute approximate surface area is 62.7 Å². The quantitative estimate of drug-likeness (QED) is 0.544. The number of hydrogen-bond donors (Lipinski definition) is 1. The fourth-order valence-corrected chi connectivity index (χ4v) is 0.683. The van der Waals surface area contributed by atoms with Crippen LogP contribution in [-0.4, -0.2) is 14.8 Å². The highest BCUT2D eigenvalue weighted by atomic mass is 16.2. The lowest BCUT2D eigenvalue weighted by Gasteiger charge is -2.03. The molecule has 1 N–H and O–H groups in total. The topological polar surface area (TPSA) is 67.8 Å². The van der Waals surface area contributed by atoms with Crippen molar-refractivity contribution in [1.82, 2.24) is 14.8 Å². The van der Waals surface area contributed by atoms with Crippen LogP contribution in [0.1, 0.15) is 19.9 Å². The lowest BCUT2D eigenvalue weighted by molar-refractivity contribution is 0.489. The predicted molar refractivity (Wildman–Crippen MR) is 38.3 cm³/mol. The molecule has 1 aromatic rings. The second kappa shape index (κ2) is 2.69. The lowest BCUT2D eigenvalue weighted by Crippen LogP contribution is -2.38. The fraction of sp³-hybridized carbons (Fsp3) is 0.500. The molecule has 1 heterocycles. The minimum absolute atomic E-state index is 0.110. The molecule has 0 bridgehead atoms. The number of rotatable bonds is 1. The molecule has 0 aliphatic carbocycles. The molecule has 0 aliphatic rings. The molecule has 0 amide bonds. The smallest absolute Gasteiger partial charge is 0.298 e. The summed E-state index contributed by atoms with van der Waals surface area (Å²) in [4.78, 5) is 23.7. The van der Waals surface area contributed by atoms with Gasteiger partial charge in [0.15, 0.2) is 6.33 Å². The SMILES string of the molecule is CC(C)n1n[c][nH]c(=O)c1=O. The van der Waals surface area contributed by atoms with E-state index in [-0.39, 0.29) is 6.04 Å². The maximum atomic E-state index is 10.9. The largest absolute Gasteiger partial charge is 0.332 e. The maximum Gasteiger partial charge on any atom is 0.332 e. The summed E-state index contributed by atoms with van der Waals surface area (Å²) in [6, 6.07) is -0.110. The first-order valence-electron chi connectivity index (χ1n) is 3.22. The number of aromatic amines is 1. The summed E-state index contributed by atoms with van der Waals surface area (Å²) in [6.45, 7) is 3.53. The van der Waals surface area contributed by atoms with E-state index in [0.717, 1.165) is 4.68 Å². The van der Waals surface area contributed by atoms with Crippen LogP contribution in [0, 0.1) is 6.33 Å². The zero-order valence-corrected chi connectivity index (χ0v) is 6.29. The van der Waals surface area contributed by atoms with E-state index in [1.54, 1.807) is 13.8 Å². The Balaban J connectivity index is 3.41. The highest BCUT2D eigenvalue weighted by Crippen LogP contribution is 1.91. The number of nitrogens with zero attached hydrogens (tertiary/aromatic N) is 2. The fourth-order valence-electron chi connectivity index (χ4n) is 0.683. The summed E-state index contributed by atoms with van der Waals surface area (Å²) in [5, 5.41) is 3.56. The predicted octanol–water partition coefficient (Wildman–Crippen LogP) is -0.687. The number of aromatic nitrogens is 3. The summed E-state index contributed by atoms with van der Waals surface area (Å²) >= 11 is 0. The molecule has 0 saturated heterocycles. The monoisotopic (exact) mass is 154 g/mol. The molecular formula is C6H8N3O2. The van der Waals surface area contributed by atoms with Crippen LogP contribution in [0.5, 0.6) is 0 Å². The van der Waals surface area contributed by atoms with E-state index in [2.05, 4.69) is 16.4 Å². The molecule has 0 fully saturated rings. The molecule has 0 aliphatic heterocycles. The van der Waals surface area contributed by atoms with Crippen LogP contribution in [0.2, 0.25) is 0 Å². The Bertz CT molecular complexity index is 349. The molecule has 0 atom stereocenters. The van der Waals surface area contributed by atoms with Gasteiger partial charge in [-0.05, 0) is 13.8 Å². The van der Waals surface area contributed by atoms with Gasteiger partial charge in [-0.2, -0.15) is 0 Å². The van der Waals surface area contributed by atoms with E-state index in [1.165, 1.54) is 0 Å². The lowest BCUT2D eigenvalue weighted by atomic mass is 10.4. The van der Waals surface area contributed by atoms with Crippen molar-refractivity contribution in [2.24, 2.45) is 0 Å². The molecule has 0 unspecified atom stereocenters. The Morgan fingerprint density at radius 1 is 1.55 bits per heavy atom. The van der Waals surface area contributed by atoms with E-state index in [0.29, 0.717) is 0 Å². The van der Waals surface area contributed by atoms with Crippen LogP contribution in [-0.2, 0) is 0 Å². The van der Waals surface area contributed by atoms with Gasteiger partial charge in [0.05, 0.1) is 6.04 Å². The molecule has 5 heteroatoms. The van der Waals surface area contributed by atoms with Crippen molar-refractivity contribution in [2.75, 3.05) is 0 Å². The third kappa shape index (κ3) is 1.36. The normalized spacial score (nSPS) is 10.5. The van der Waals surface area contributed by atoms with E-state index in [9.17, 15) is 9.59 Å². The molecule has 0 aromatic carbocycles. The van der Waals surface area contributed by atoms with Crippen molar-refractivity contribution in [3.05, 3.63) is 27.0 Å². The van der Waals surface area contributed by atoms with Crippen LogP contribution < -0.4 is 11.1 Å². The van der Waals surface area contributed by atoms with Crippen LogP contribution >= 0.6 is 0 Å². The van der Waals surface area contributed by atoms with Crippen molar-refractivity contribution in [1.29, 1.82) is 0 Å². The van der Waals surface area contributed by atoms with Crippen molar-refractivity contribution in [2.45, 2.75) is 19.9 Å². The van der Waals surface area contributed by atoms with Crippen molar-refractivity contribution in [3.63, 3.8) is 0 Å². The maximum absolute atomic E-state index is 10.9. The number of nitrogens with one attached hydrogen (secondary N) is 1. The summed E-state index contributed by atoms with van der Waals surface area (Å²) in [5.74, 6) is 0. The molecule has 1 rings (SSSR count). The number of H-pyrrole nitrogens is 1. The molecule has 5 nitrogen and oxygen atoms in total. The van der Waals surface area contributed by atoms with Gasteiger partial charge < -0.3 is 0 Å². The van der Waals surface area contributed by atoms with Gasteiger partial charge in [0.25, 0.3) is 0 Å². The Morgan fingerprint density at radius 2 is 2.18 bits per heavy atom. The van der Waals surface area contributed by atoms with Gasteiger partial charge in [-0.3, -0.25) is 14.6 Å². The number of hydrogen-bond acceptors (Lipinski definition) is 3. The molecule has 0 saturated carbocycles. The zero-order valence-electron chi connectivity index (χ0n) is 6.29. The Kier molecular flexibility index (Phi) is 1.89. The van der Waals surface area contributed by atoms with E-state index < -0.39 is 11.1 Å². The van der Waals surface area contributed by atoms with Gasteiger partial charge >= 0.3 is 11.1 Å². The summed E-state index contributed by atoms with van der Waals surface area (Å²) in [7, 11) is 0. The van der Waals surface area contributed by atoms with Crippen LogP contribution in [0.15, 0.2) is 9.59 Å². The summed E-state index contributed by atoms with van der Waals surface area (Å²) in [6.07, 6.45) is 2.23. The minimum atomic E-state index is -0.686. The highest BCUT2D eigenvalue weighted by molar-refractivity contribution is 4.73. The third-order valence-corrected chi connectivity index (χ3v) is 1.22. The van der Waals surface area contributed by atoms with E-state index >= 15 is 0 Å². The van der Waals surface area contributed by atoms with Crippen molar-refractivity contribution in [3.8, 4) is 0 Å². The summed E-state index contributed by atoms with van der Waals surface area (Å²) in [5.41, 5.74) is -1.33. The van der Waals surface area contributed by atoms with Gasteiger partial charge in [0.2, 0.25) is 0 Å². The average Bonchev–Trinajstić information content (AvgIpc) is 1.94. The van der Waals surface area contributed by atoms with Gasteiger partial charge in [-0.25, -0.2) is 4.68 Å². The van der Waals surface area contributed by atoms with E-state index in [4.69, 9.17) is 0 Å². The Hall–Kier alpha value is -1.39. The summed E-state index contributed by atoms with van der Waals surface area (Å²) < 4.78 is 1.08. The van der Waals surface area contributed by atoms with Crippen molar-refractivity contribution >= 4 is 0 Å². The van der Waals surface area contributed by atoms with E-state index in [1.807, 2.05) is 0 Å². The van der Waals surface area contributed by atoms with Gasteiger partial charge in [0, 0.05) is 0 Å². The third-order valence-electron chi connectivity index (χ3n) is 1.22. The highest BCUT2D eigenvalue weighted by Gasteiger charge is 2.03. The first kappa shape index (κ1) is 7.71. The van der Waals surface area contributed by atoms with Crippen LogP contribution in [0.4, 0.5) is 0 Å². The Morgan fingerprint density at radius 3 is 2.64 bits per heavy atom. The first-order chi connectivity index (χ1) is 5.13. The zero-order chi connectivity index (χ0) is 8.43. The molecular weight excluding hydrogens is 146 g/mol. The molecule has 1 aromatic heterocycles. The van der Waals surface area contributed by atoms with Crippen molar-refractivity contribution < 1.29 is 0 Å².